The fraction of sp³-hybridized carbons (Fsp3) is 0.0625. The Balaban J connectivity index is 1.60. The van der Waals surface area contributed by atoms with E-state index in [1.165, 1.54) is 23.5 Å². The highest BCUT2D eigenvalue weighted by atomic mass is 32.1. The van der Waals surface area contributed by atoms with Crippen LogP contribution < -0.4 is 5.32 Å². The summed E-state index contributed by atoms with van der Waals surface area (Å²) in [4.78, 5) is 37.7. The summed E-state index contributed by atoms with van der Waals surface area (Å²) in [6.07, 6.45) is 0. The average Bonchev–Trinajstić information content (AvgIpc) is 3.08. The topological polar surface area (TPSA) is 111 Å². The second kappa shape index (κ2) is 7.23. The van der Waals surface area contributed by atoms with Crippen molar-refractivity contribution in [2.75, 3.05) is 11.9 Å². The Morgan fingerprint density at radius 1 is 1.27 bits per heavy atom. The van der Waals surface area contributed by atoms with Gasteiger partial charge in [0.15, 0.2) is 6.61 Å². The molecule has 3 rings (SSSR count). The molecule has 1 amide bonds. The minimum absolute atomic E-state index is 0.0187. The molecule has 10 heteroatoms. The third-order valence-corrected chi connectivity index (χ3v) is 4.12. The number of amides is 1. The van der Waals surface area contributed by atoms with Crippen molar-refractivity contribution in [2.45, 2.75) is 0 Å². The van der Waals surface area contributed by atoms with Crippen LogP contribution in [-0.2, 0) is 9.53 Å². The molecule has 1 N–H and O–H groups in total. The van der Waals surface area contributed by atoms with Crippen molar-refractivity contribution in [3.63, 3.8) is 0 Å². The molecule has 1 heterocycles. The first kappa shape index (κ1) is 17.4. The van der Waals surface area contributed by atoms with Gasteiger partial charge >= 0.3 is 11.7 Å². The van der Waals surface area contributed by atoms with E-state index in [4.69, 9.17) is 4.74 Å². The molecular formula is C16H10FN3O5S. The highest BCUT2D eigenvalue weighted by molar-refractivity contribution is 7.16. The number of fused-ring (bicyclic) bond motifs is 1. The third kappa shape index (κ3) is 3.81. The second-order valence-electron chi connectivity index (χ2n) is 5.08. The van der Waals surface area contributed by atoms with E-state index in [2.05, 4.69) is 10.3 Å². The van der Waals surface area contributed by atoms with E-state index < -0.39 is 34.9 Å². The summed E-state index contributed by atoms with van der Waals surface area (Å²) in [6, 6.07) is 7.72. The van der Waals surface area contributed by atoms with Crippen LogP contribution in [0.15, 0.2) is 41.9 Å². The van der Waals surface area contributed by atoms with E-state index in [1.54, 1.807) is 17.6 Å². The summed E-state index contributed by atoms with van der Waals surface area (Å²) in [6.45, 7) is -0.593. The highest BCUT2D eigenvalue weighted by Gasteiger charge is 2.16. The van der Waals surface area contributed by atoms with Gasteiger partial charge in [0.25, 0.3) is 5.91 Å². The Hall–Kier alpha value is -3.40. The summed E-state index contributed by atoms with van der Waals surface area (Å²) in [7, 11) is 0. The number of nitrogens with zero attached hydrogens (tertiary/aromatic N) is 2. The number of ether oxygens (including phenoxy) is 1. The van der Waals surface area contributed by atoms with Crippen molar-refractivity contribution in [1.82, 2.24) is 4.98 Å². The van der Waals surface area contributed by atoms with Gasteiger partial charge in [0.1, 0.15) is 0 Å². The third-order valence-electron chi connectivity index (χ3n) is 3.33. The predicted octanol–water partition coefficient (Wildman–Crippen LogP) is 3.14. The molecule has 0 unspecified atom stereocenters. The maximum atomic E-state index is 13.3. The first-order valence-electron chi connectivity index (χ1n) is 7.18. The number of benzene rings is 2. The number of rotatable bonds is 5. The minimum Gasteiger partial charge on any atom is -0.452 e. The average molecular weight is 375 g/mol. The Bertz CT molecular complexity index is 1020. The fourth-order valence-corrected chi connectivity index (χ4v) is 2.84. The van der Waals surface area contributed by atoms with Crippen LogP contribution >= 0.6 is 11.3 Å². The number of aromatic nitrogens is 1. The van der Waals surface area contributed by atoms with E-state index in [0.717, 1.165) is 22.3 Å². The molecule has 0 aliphatic rings. The van der Waals surface area contributed by atoms with Gasteiger partial charge in [0.05, 0.1) is 26.2 Å². The number of carbonyl (C=O) groups is 2. The van der Waals surface area contributed by atoms with Crippen LogP contribution in [0.3, 0.4) is 0 Å². The molecule has 0 aliphatic carbocycles. The van der Waals surface area contributed by atoms with Crippen molar-refractivity contribution in [2.24, 2.45) is 0 Å². The lowest BCUT2D eigenvalue weighted by Crippen LogP contribution is -2.21. The smallest absolute Gasteiger partial charge is 0.338 e. The Morgan fingerprint density at radius 3 is 2.85 bits per heavy atom. The Labute approximate surface area is 149 Å². The lowest BCUT2D eigenvalue weighted by atomic mass is 10.2. The maximum absolute atomic E-state index is 13.3. The standard InChI is InChI=1S/C16H10FN3O5S/c17-11-3-2-10(6-13(11)20(23)24)19-15(21)7-25-16(22)9-1-4-12-14(5-9)26-8-18-12/h1-6,8H,7H2,(H,19,21). The first-order valence-corrected chi connectivity index (χ1v) is 8.06. The molecule has 26 heavy (non-hydrogen) atoms. The summed E-state index contributed by atoms with van der Waals surface area (Å²) < 4.78 is 19.0. The molecule has 3 aromatic rings. The first-order chi connectivity index (χ1) is 12.4. The monoisotopic (exact) mass is 375 g/mol. The molecule has 0 atom stereocenters. The van der Waals surface area contributed by atoms with Crippen LogP contribution in [0.4, 0.5) is 15.8 Å². The molecule has 0 saturated heterocycles. The van der Waals surface area contributed by atoms with Crippen molar-refractivity contribution in [1.29, 1.82) is 0 Å². The molecule has 0 bridgehead atoms. The van der Waals surface area contributed by atoms with Gasteiger partial charge in [-0.15, -0.1) is 11.3 Å². The summed E-state index contributed by atoms with van der Waals surface area (Å²) >= 11 is 1.37. The van der Waals surface area contributed by atoms with Gasteiger partial charge in [0, 0.05) is 11.8 Å². The molecule has 0 radical (unpaired) electrons. The minimum atomic E-state index is -1.02. The molecule has 0 aliphatic heterocycles. The maximum Gasteiger partial charge on any atom is 0.338 e. The van der Waals surface area contributed by atoms with Gasteiger partial charge in [-0.2, -0.15) is 4.39 Å². The van der Waals surface area contributed by atoms with Crippen LogP contribution in [0.1, 0.15) is 10.4 Å². The van der Waals surface area contributed by atoms with Gasteiger partial charge in [-0.25, -0.2) is 9.78 Å². The van der Waals surface area contributed by atoms with Crippen molar-refractivity contribution >= 4 is 44.8 Å². The van der Waals surface area contributed by atoms with Crippen LogP contribution in [0.25, 0.3) is 10.2 Å². The molecule has 0 saturated carbocycles. The van der Waals surface area contributed by atoms with E-state index in [1.807, 2.05) is 0 Å². The summed E-state index contributed by atoms with van der Waals surface area (Å²) in [5, 5.41) is 13.0. The lowest BCUT2D eigenvalue weighted by molar-refractivity contribution is -0.387. The van der Waals surface area contributed by atoms with Gasteiger partial charge < -0.3 is 10.1 Å². The number of nitro benzene ring substituents is 1. The number of carbonyl (C=O) groups excluding carboxylic acids is 2. The number of hydrogen-bond acceptors (Lipinski definition) is 7. The normalized spacial score (nSPS) is 10.5. The lowest BCUT2D eigenvalue weighted by Gasteiger charge is -2.07. The summed E-state index contributed by atoms with van der Waals surface area (Å²) in [5.74, 6) is -2.42. The van der Waals surface area contributed by atoms with Gasteiger partial charge in [-0.05, 0) is 30.3 Å². The Kier molecular flexibility index (Phi) is 4.85. The van der Waals surface area contributed by atoms with Gasteiger partial charge in [0.2, 0.25) is 5.82 Å². The molecule has 2 aromatic carbocycles. The zero-order valence-electron chi connectivity index (χ0n) is 13.0. The number of anilines is 1. The van der Waals surface area contributed by atoms with Crippen LogP contribution in [-0.4, -0.2) is 28.4 Å². The molecule has 8 nitrogen and oxygen atoms in total. The Morgan fingerprint density at radius 2 is 2.08 bits per heavy atom. The molecule has 132 valence electrons. The SMILES string of the molecule is O=C(COC(=O)c1ccc2ncsc2c1)Nc1ccc(F)c([N+](=O)[O-])c1. The molecule has 1 aromatic heterocycles. The number of thiazole rings is 1. The van der Waals surface area contributed by atoms with E-state index in [0.29, 0.717) is 0 Å². The van der Waals surface area contributed by atoms with E-state index in [9.17, 15) is 24.1 Å². The van der Waals surface area contributed by atoms with Crippen LogP contribution in [0, 0.1) is 15.9 Å². The molecule has 0 spiro atoms. The fourth-order valence-electron chi connectivity index (χ4n) is 2.12. The number of halogens is 1. The van der Waals surface area contributed by atoms with E-state index in [-0.39, 0.29) is 11.3 Å². The largest absolute Gasteiger partial charge is 0.452 e. The number of esters is 1. The summed E-state index contributed by atoms with van der Waals surface area (Å²) in [5.41, 5.74) is 1.92. The van der Waals surface area contributed by atoms with Gasteiger partial charge in [-0.1, -0.05) is 0 Å². The van der Waals surface area contributed by atoms with Crippen LogP contribution in [0.2, 0.25) is 0 Å². The number of nitrogens with one attached hydrogen (secondary N) is 1. The van der Waals surface area contributed by atoms with Crippen LogP contribution in [0.5, 0.6) is 0 Å². The predicted molar refractivity (Wildman–Crippen MR) is 91.6 cm³/mol. The second-order valence-corrected chi connectivity index (χ2v) is 5.97. The zero-order valence-corrected chi connectivity index (χ0v) is 13.8. The van der Waals surface area contributed by atoms with Crippen molar-refractivity contribution < 1.29 is 23.6 Å². The number of hydrogen-bond donors (Lipinski definition) is 1. The quantitative estimate of drug-likeness (QED) is 0.417. The molecular weight excluding hydrogens is 365 g/mol. The van der Waals surface area contributed by atoms with Crippen molar-refractivity contribution in [3.8, 4) is 0 Å². The zero-order chi connectivity index (χ0) is 18.7. The van der Waals surface area contributed by atoms with Crippen molar-refractivity contribution in [3.05, 3.63) is 63.4 Å². The van der Waals surface area contributed by atoms with E-state index >= 15 is 0 Å². The molecule has 0 fully saturated rings. The number of nitro groups is 1. The highest BCUT2D eigenvalue weighted by Crippen LogP contribution is 2.22. The van der Waals surface area contributed by atoms with Gasteiger partial charge in [-0.3, -0.25) is 14.9 Å².